The predicted octanol–water partition coefficient (Wildman–Crippen LogP) is 0.878. The van der Waals surface area contributed by atoms with Gasteiger partial charge >= 0.3 is 0 Å². The zero-order valence-electron chi connectivity index (χ0n) is 8.83. The largest absolute Gasteiger partial charge is 0.369 e. The third-order valence-electron chi connectivity index (χ3n) is 1.97. The van der Waals surface area contributed by atoms with E-state index in [9.17, 15) is 4.79 Å². The average molecular weight is 197 g/mol. The van der Waals surface area contributed by atoms with Gasteiger partial charge in [0.1, 0.15) is 0 Å². The second-order valence-electron chi connectivity index (χ2n) is 3.36. The van der Waals surface area contributed by atoms with Gasteiger partial charge in [0.05, 0.1) is 12.6 Å². The maximum absolute atomic E-state index is 10.7. The number of unbranched alkanes of at least 4 members (excludes halogenated alkanes) is 2. The lowest BCUT2D eigenvalue weighted by molar-refractivity contribution is -0.119. The quantitative estimate of drug-likeness (QED) is 0.587. The molecular weight excluding hydrogens is 178 g/mol. The van der Waals surface area contributed by atoms with Crippen molar-refractivity contribution in [2.75, 3.05) is 19.6 Å². The Kier molecular flexibility index (Phi) is 7.86. The van der Waals surface area contributed by atoms with Crippen molar-refractivity contribution in [3.05, 3.63) is 0 Å². The van der Waals surface area contributed by atoms with E-state index in [0.717, 1.165) is 32.4 Å². The number of carbonyl (C=O) groups is 1. The van der Waals surface area contributed by atoms with Crippen molar-refractivity contribution in [3.63, 3.8) is 0 Å². The predicted molar refractivity (Wildman–Crippen MR) is 55.4 cm³/mol. The number of primary amides is 1. The summed E-state index contributed by atoms with van der Waals surface area (Å²) in [5.41, 5.74) is 5.12. The highest BCUT2D eigenvalue weighted by Crippen LogP contribution is 1.98. The van der Waals surface area contributed by atoms with Crippen LogP contribution in [0.5, 0.6) is 0 Å². The number of rotatable bonds is 8. The van der Waals surface area contributed by atoms with Gasteiger partial charge in [0.15, 0.2) is 0 Å². The van der Waals surface area contributed by atoms with Crippen molar-refractivity contribution in [1.82, 2.24) is 4.90 Å². The van der Waals surface area contributed by atoms with E-state index in [1.807, 2.05) is 4.90 Å². The average Bonchev–Trinajstić information content (AvgIpc) is 2.13. The number of amides is 1. The second kappa shape index (κ2) is 8.52. The summed E-state index contributed by atoms with van der Waals surface area (Å²) in [6.07, 6.45) is 3.53. The van der Waals surface area contributed by atoms with Crippen LogP contribution in [0, 0.1) is 11.3 Å². The summed E-state index contributed by atoms with van der Waals surface area (Å²) in [6, 6.07) is 2.09. The second-order valence-corrected chi connectivity index (χ2v) is 3.36. The van der Waals surface area contributed by atoms with E-state index in [1.165, 1.54) is 0 Å². The molecule has 0 heterocycles. The van der Waals surface area contributed by atoms with Crippen molar-refractivity contribution in [2.24, 2.45) is 5.73 Å². The molecule has 0 fully saturated rings. The number of hydrogen-bond donors (Lipinski definition) is 1. The van der Waals surface area contributed by atoms with Gasteiger partial charge in [-0.3, -0.25) is 9.69 Å². The van der Waals surface area contributed by atoms with Gasteiger partial charge < -0.3 is 5.73 Å². The molecule has 0 unspecified atom stereocenters. The van der Waals surface area contributed by atoms with Crippen LogP contribution in [0.4, 0.5) is 0 Å². The molecule has 0 rings (SSSR count). The zero-order chi connectivity index (χ0) is 10.8. The molecule has 0 saturated carbocycles. The Morgan fingerprint density at radius 1 is 1.43 bits per heavy atom. The highest BCUT2D eigenvalue weighted by molar-refractivity contribution is 5.75. The molecule has 0 atom stereocenters. The summed E-state index contributed by atoms with van der Waals surface area (Å²) in [4.78, 5) is 12.7. The minimum atomic E-state index is -0.293. The molecule has 1 amide bonds. The summed E-state index contributed by atoms with van der Waals surface area (Å²) in [5, 5.41) is 8.38. The molecule has 4 heteroatoms. The highest BCUT2D eigenvalue weighted by atomic mass is 16.1. The molecule has 80 valence electrons. The smallest absolute Gasteiger partial charge is 0.231 e. The van der Waals surface area contributed by atoms with E-state index in [1.54, 1.807) is 0 Å². The van der Waals surface area contributed by atoms with E-state index in [4.69, 9.17) is 11.0 Å². The number of nitriles is 1. The zero-order valence-corrected chi connectivity index (χ0v) is 8.83. The molecule has 0 aromatic heterocycles. The third kappa shape index (κ3) is 7.56. The number of carbonyl (C=O) groups excluding carboxylic acids is 1. The summed E-state index contributed by atoms with van der Waals surface area (Å²) < 4.78 is 0. The Bertz CT molecular complexity index is 198. The molecule has 0 bridgehead atoms. The molecule has 0 aliphatic rings. The number of hydrogen-bond acceptors (Lipinski definition) is 3. The minimum Gasteiger partial charge on any atom is -0.369 e. The van der Waals surface area contributed by atoms with Gasteiger partial charge in [0.2, 0.25) is 5.91 Å². The normalized spacial score (nSPS) is 10.1. The van der Waals surface area contributed by atoms with Crippen molar-refractivity contribution < 1.29 is 4.79 Å². The molecule has 0 aromatic rings. The van der Waals surface area contributed by atoms with Crippen LogP contribution in [0.3, 0.4) is 0 Å². The van der Waals surface area contributed by atoms with Crippen LogP contribution in [0.2, 0.25) is 0 Å². The van der Waals surface area contributed by atoms with Crippen LogP contribution in [0.15, 0.2) is 0 Å². The van der Waals surface area contributed by atoms with Crippen molar-refractivity contribution in [3.8, 4) is 6.07 Å². The van der Waals surface area contributed by atoms with E-state index < -0.39 is 0 Å². The molecule has 14 heavy (non-hydrogen) atoms. The minimum absolute atomic E-state index is 0.293. The first kappa shape index (κ1) is 12.9. The molecule has 2 N–H and O–H groups in total. The SMILES string of the molecule is CCCCN(CCCC#N)CC(N)=O. The summed E-state index contributed by atoms with van der Waals surface area (Å²) in [7, 11) is 0. The standard InChI is InChI=1S/C10H19N3O/c1-2-3-7-13(9-10(12)14)8-5-4-6-11/h2-5,7-9H2,1H3,(H2,12,14). The van der Waals surface area contributed by atoms with E-state index in [0.29, 0.717) is 13.0 Å². The van der Waals surface area contributed by atoms with E-state index >= 15 is 0 Å². The van der Waals surface area contributed by atoms with Gasteiger partial charge in [0, 0.05) is 6.42 Å². The lowest BCUT2D eigenvalue weighted by Crippen LogP contribution is -2.35. The summed E-state index contributed by atoms with van der Waals surface area (Å²) in [6.45, 7) is 4.10. The van der Waals surface area contributed by atoms with E-state index in [2.05, 4.69) is 13.0 Å². The van der Waals surface area contributed by atoms with Crippen molar-refractivity contribution in [2.45, 2.75) is 32.6 Å². The van der Waals surface area contributed by atoms with Crippen LogP contribution in [-0.4, -0.2) is 30.4 Å². The van der Waals surface area contributed by atoms with Crippen molar-refractivity contribution in [1.29, 1.82) is 5.26 Å². The first-order valence-corrected chi connectivity index (χ1v) is 5.08. The first-order chi connectivity index (χ1) is 6.70. The summed E-state index contributed by atoms with van der Waals surface area (Å²) >= 11 is 0. The monoisotopic (exact) mass is 197 g/mol. The molecule has 0 aliphatic heterocycles. The molecule has 0 saturated heterocycles. The van der Waals surface area contributed by atoms with Crippen LogP contribution >= 0.6 is 0 Å². The Morgan fingerprint density at radius 2 is 2.07 bits per heavy atom. The fourth-order valence-corrected chi connectivity index (χ4v) is 1.25. The fraction of sp³-hybridized carbons (Fsp3) is 0.800. The summed E-state index contributed by atoms with van der Waals surface area (Å²) in [5.74, 6) is -0.293. The van der Waals surface area contributed by atoms with E-state index in [-0.39, 0.29) is 5.91 Å². The Labute approximate surface area is 85.7 Å². The number of nitrogens with two attached hydrogens (primary N) is 1. The molecule has 0 aromatic carbocycles. The first-order valence-electron chi connectivity index (χ1n) is 5.08. The van der Waals surface area contributed by atoms with Crippen LogP contribution in [0.1, 0.15) is 32.6 Å². The molecule has 0 aliphatic carbocycles. The lowest BCUT2D eigenvalue weighted by atomic mass is 10.2. The fourth-order valence-electron chi connectivity index (χ4n) is 1.25. The molecule has 0 spiro atoms. The van der Waals surface area contributed by atoms with Gasteiger partial charge in [0.25, 0.3) is 0 Å². The Morgan fingerprint density at radius 3 is 2.57 bits per heavy atom. The van der Waals surface area contributed by atoms with Crippen LogP contribution in [-0.2, 0) is 4.79 Å². The third-order valence-corrected chi connectivity index (χ3v) is 1.97. The topological polar surface area (TPSA) is 70.1 Å². The highest BCUT2D eigenvalue weighted by Gasteiger charge is 2.06. The maximum Gasteiger partial charge on any atom is 0.231 e. The van der Waals surface area contributed by atoms with Gasteiger partial charge in [-0.2, -0.15) is 5.26 Å². The lowest BCUT2D eigenvalue weighted by Gasteiger charge is -2.19. The Balaban J connectivity index is 3.73. The van der Waals surface area contributed by atoms with Crippen molar-refractivity contribution >= 4 is 5.91 Å². The Hall–Kier alpha value is -1.08. The van der Waals surface area contributed by atoms with Gasteiger partial charge in [-0.05, 0) is 25.9 Å². The molecule has 0 radical (unpaired) electrons. The molecule has 4 nitrogen and oxygen atoms in total. The molecular formula is C10H19N3O. The number of nitrogens with zero attached hydrogens (tertiary/aromatic N) is 2. The maximum atomic E-state index is 10.7. The van der Waals surface area contributed by atoms with Gasteiger partial charge in [-0.25, -0.2) is 0 Å². The van der Waals surface area contributed by atoms with Crippen LogP contribution < -0.4 is 5.73 Å². The van der Waals surface area contributed by atoms with Crippen LogP contribution in [0.25, 0.3) is 0 Å². The van der Waals surface area contributed by atoms with Gasteiger partial charge in [-0.15, -0.1) is 0 Å². The van der Waals surface area contributed by atoms with Gasteiger partial charge in [-0.1, -0.05) is 13.3 Å².